The van der Waals surface area contributed by atoms with E-state index >= 15 is 0 Å². The lowest BCUT2D eigenvalue weighted by atomic mass is 10.1. The summed E-state index contributed by atoms with van der Waals surface area (Å²) in [5, 5.41) is 0.499. The number of thioether (sulfide) groups is 1. The molecule has 3 aromatic carbocycles. The minimum absolute atomic E-state index is 0.00429. The molecule has 1 aliphatic rings. The molecule has 1 aliphatic heterocycles. The lowest BCUT2D eigenvalue weighted by molar-refractivity contribution is 0.0759. The van der Waals surface area contributed by atoms with E-state index in [4.69, 9.17) is 16.3 Å². The molecule has 1 amide bonds. The SMILES string of the molecule is O=C(c1cccc(Cl)c1)N1CCSC1c1ccccc1OCc1ccccc1. The van der Waals surface area contributed by atoms with Crippen LogP contribution >= 0.6 is 23.4 Å². The summed E-state index contributed by atoms with van der Waals surface area (Å²) in [6.07, 6.45) is 0. The Bertz CT molecular complexity index is 964. The summed E-state index contributed by atoms with van der Waals surface area (Å²) < 4.78 is 6.12. The molecule has 0 aromatic heterocycles. The average molecular weight is 410 g/mol. The Labute approximate surface area is 174 Å². The fourth-order valence-electron chi connectivity index (χ4n) is 3.27. The van der Waals surface area contributed by atoms with Crippen molar-refractivity contribution in [2.75, 3.05) is 12.3 Å². The van der Waals surface area contributed by atoms with E-state index in [0.29, 0.717) is 23.7 Å². The molecule has 142 valence electrons. The number of hydrogen-bond donors (Lipinski definition) is 0. The molecule has 1 heterocycles. The largest absolute Gasteiger partial charge is 0.489 e. The number of para-hydroxylation sites is 1. The van der Waals surface area contributed by atoms with Gasteiger partial charge in [0.25, 0.3) is 5.91 Å². The first-order chi connectivity index (χ1) is 13.7. The molecule has 0 saturated carbocycles. The summed E-state index contributed by atoms with van der Waals surface area (Å²) >= 11 is 7.84. The van der Waals surface area contributed by atoms with Gasteiger partial charge in [0.15, 0.2) is 0 Å². The molecular weight excluding hydrogens is 390 g/mol. The highest BCUT2D eigenvalue weighted by molar-refractivity contribution is 7.99. The van der Waals surface area contributed by atoms with E-state index < -0.39 is 0 Å². The van der Waals surface area contributed by atoms with E-state index in [9.17, 15) is 4.79 Å². The molecule has 4 rings (SSSR count). The Morgan fingerprint density at radius 1 is 1.04 bits per heavy atom. The van der Waals surface area contributed by atoms with Gasteiger partial charge in [-0.05, 0) is 29.8 Å². The topological polar surface area (TPSA) is 29.5 Å². The van der Waals surface area contributed by atoms with Crippen molar-refractivity contribution in [3.63, 3.8) is 0 Å². The number of amides is 1. The minimum Gasteiger partial charge on any atom is -0.489 e. The van der Waals surface area contributed by atoms with E-state index in [2.05, 4.69) is 0 Å². The number of carbonyl (C=O) groups is 1. The Kier molecular flexibility index (Phi) is 5.89. The zero-order chi connectivity index (χ0) is 19.3. The quantitative estimate of drug-likeness (QED) is 0.532. The van der Waals surface area contributed by atoms with E-state index in [0.717, 1.165) is 22.6 Å². The Morgan fingerprint density at radius 2 is 1.82 bits per heavy atom. The van der Waals surface area contributed by atoms with Crippen LogP contribution in [0.5, 0.6) is 5.75 Å². The normalized spacial score (nSPS) is 16.2. The van der Waals surface area contributed by atoms with Crippen molar-refractivity contribution in [2.45, 2.75) is 12.0 Å². The van der Waals surface area contributed by atoms with Crippen LogP contribution < -0.4 is 4.74 Å². The minimum atomic E-state index is -0.0709. The third-order valence-electron chi connectivity index (χ3n) is 4.65. The van der Waals surface area contributed by atoms with Crippen molar-refractivity contribution >= 4 is 29.3 Å². The van der Waals surface area contributed by atoms with Crippen LogP contribution in [0.4, 0.5) is 0 Å². The summed E-state index contributed by atoms with van der Waals surface area (Å²) in [6, 6.07) is 25.2. The summed E-state index contributed by atoms with van der Waals surface area (Å²) in [6.45, 7) is 1.20. The molecule has 28 heavy (non-hydrogen) atoms. The molecule has 1 atom stereocenters. The Morgan fingerprint density at radius 3 is 2.64 bits per heavy atom. The van der Waals surface area contributed by atoms with Gasteiger partial charge in [-0.2, -0.15) is 0 Å². The van der Waals surface area contributed by atoms with E-state index in [-0.39, 0.29) is 11.3 Å². The fourth-order valence-corrected chi connectivity index (χ4v) is 4.75. The van der Waals surface area contributed by atoms with Crippen LogP contribution in [0, 0.1) is 0 Å². The number of benzene rings is 3. The standard InChI is InChI=1S/C23H20ClNO2S/c24-19-10-6-9-18(15-19)22(26)25-13-14-28-23(25)20-11-4-5-12-21(20)27-16-17-7-2-1-3-8-17/h1-12,15,23H,13-14,16H2. The molecule has 1 saturated heterocycles. The third kappa shape index (κ3) is 4.18. The maximum atomic E-state index is 13.1. The number of carbonyl (C=O) groups excluding carboxylic acids is 1. The van der Waals surface area contributed by atoms with Gasteiger partial charge in [0.2, 0.25) is 0 Å². The van der Waals surface area contributed by atoms with Crippen LogP contribution in [0.25, 0.3) is 0 Å². The summed E-state index contributed by atoms with van der Waals surface area (Å²) in [7, 11) is 0. The lowest BCUT2D eigenvalue weighted by Gasteiger charge is -2.26. The first-order valence-electron chi connectivity index (χ1n) is 9.16. The fraction of sp³-hybridized carbons (Fsp3) is 0.174. The maximum absolute atomic E-state index is 13.1. The molecule has 0 bridgehead atoms. The second-order valence-electron chi connectivity index (χ2n) is 6.54. The van der Waals surface area contributed by atoms with Crippen molar-refractivity contribution < 1.29 is 9.53 Å². The summed E-state index contributed by atoms with van der Waals surface area (Å²) in [4.78, 5) is 15.0. The van der Waals surface area contributed by atoms with Gasteiger partial charge in [-0.3, -0.25) is 4.79 Å². The van der Waals surface area contributed by atoms with Crippen LogP contribution in [0.15, 0.2) is 78.9 Å². The van der Waals surface area contributed by atoms with Gasteiger partial charge < -0.3 is 9.64 Å². The van der Waals surface area contributed by atoms with Crippen LogP contribution in [0.3, 0.4) is 0 Å². The van der Waals surface area contributed by atoms with Gasteiger partial charge in [-0.25, -0.2) is 0 Å². The zero-order valence-electron chi connectivity index (χ0n) is 15.3. The van der Waals surface area contributed by atoms with E-state index in [1.54, 1.807) is 23.9 Å². The second kappa shape index (κ2) is 8.72. The molecule has 0 radical (unpaired) electrons. The lowest BCUT2D eigenvalue weighted by Crippen LogP contribution is -2.30. The molecule has 0 aliphatic carbocycles. The summed E-state index contributed by atoms with van der Waals surface area (Å²) in [5.41, 5.74) is 2.75. The van der Waals surface area contributed by atoms with Crippen molar-refractivity contribution in [1.29, 1.82) is 0 Å². The number of ether oxygens (including phenoxy) is 1. The molecular formula is C23H20ClNO2S. The second-order valence-corrected chi connectivity index (χ2v) is 8.17. The predicted octanol–water partition coefficient (Wildman–Crippen LogP) is 5.81. The first-order valence-corrected chi connectivity index (χ1v) is 10.6. The molecule has 1 unspecified atom stereocenters. The third-order valence-corrected chi connectivity index (χ3v) is 6.12. The molecule has 1 fully saturated rings. The Hall–Kier alpha value is -2.43. The highest BCUT2D eigenvalue weighted by Crippen LogP contribution is 2.42. The van der Waals surface area contributed by atoms with Crippen molar-refractivity contribution in [3.05, 3.63) is 101 Å². The maximum Gasteiger partial charge on any atom is 0.255 e. The first kappa shape index (κ1) is 18.9. The van der Waals surface area contributed by atoms with Crippen LogP contribution in [-0.2, 0) is 6.61 Å². The molecule has 5 heteroatoms. The highest BCUT2D eigenvalue weighted by atomic mass is 35.5. The van der Waals surface area contributed by atoms with E-state index in [1.165, 1.54) is 0 Å². The van der Waals surface area contributed by atoms with Gasteiger partial charge in [0.05, 0.1) is 0 Å². The monoisotopic (exact) mass is 409 g/mol. The summed E-state index contributed by atoms with van der Waals surface area (Å²) in [5.74, 6) is 1.70. The predicted molar refractivity (Wildman–Crippen MR) is 115 cm³/mol. The molecule has 3 aromatic rings. The molecule has 0 N–H and O–H groups in total. The van der Waals surface area contributed by atoms with Gasteiger partial charge in [-0.1, -0.05) is 66.2 Å². The van der Waals surface area contributed by atoms with Crippen molar-refractivity contribution in [2.24, 2.45) is 0 Å². The van der Waals surface area contributed by atoms with Crippen molar-refractivity contribution in [1.82, 2.24) is 4.90 Å². The van der Waals surface area contributed by atoms with Crippen LogP contribution in [0.2, 0.25) is 5.02 Å². The average Bonchev–Trinajstić information content (AvgIpc) is 3.22. The van der Waals surface area contributed by atoms with Crippen molar-refractivity contribution in [3.8, 4) is 5.75 Å². The number of hydrogen-bond acceptors (Lipinski definition) is 3. The smallest absolute Gasteiger partial charge is 0.255 e. The van der Waals surface area contributed by atoms with Gasteiger partial charge in [-0.15, -0.1) is 11.8 Å². The van der Waals surface area contributed by atoms with Gasteiger partial charge in [0.1, 0.15) is 17.7 Å². The molecule has 3 nitrogen and oxygen atoms in total. The van der Waals surface area contributed by atoms with Gasteiger partial charge >= 0.3 is 0 Å². The highest BCUT2D eigenvalue weighted by Gasteiger charge is 2.33. The van der Waals surface area contributed by atoms with Crippen LogP contribution in [-0.4, -0.2) is 23.1 Å². The van der Waals surface area contributed by atoms with Gasteiger partial charge in [0, 0.05) is 28.4 Å². The number of halogens is 1. The van der Waals surface area contributed by atoms with Crippen LogP contribution in [0.1, 0.15) is 26.9 Å². The molecule has 0 spiro atoms. The van der Waals surface area contributed by atoms with E-state index in [1.807, 2.05) is 71.6 Å². The number of nitrogens with zero attached hydrogens (tertiary/aromatic N) is 1. The zero-order valence-corrected chi connectivity index (χ0v) is 16.8. The number of rotatable bonds is 5. The Balaban J connectivity index is 1.57.